The first-order valence-corrected chi connectivity index (χ1v) is 12.3. The second kappa shape index (κ2) is 8.92. The van der Waals surface area contributed by atoms with Crippen molar-refractivity contribution in [2.24, 2.45) is 10.8 Å². The van der Waals surface area contributed by atoms with Gasteiger partial charge in [-0.2, -0.15) is 0 Å². The van der Waals surface area contributed by atoms with Crippen molar-refractivity contribution in [2.75, 3.05) is 13.2 Å². The fourth-order valence-corrected chi connectivity index (χ4v) is 5.80. The van der Waals surface area contributed by atoms with Crippen LogP contribution in [0.5, 0.6) is 11.5 Å². The van der Waals surface area contributed by atoms with E-state index in [4.69, 9.17) is 21.1 Å². The van der Waals surface area contributed by atoms with Gasteiger partial charge in [0.2, 0.25) is 0 Å². The van der Waals surface area contributed by atoms with Crippen molar-refractivity contribution in [1.82, 2.24) is 5.32 Å². The average molecular weight is 484 g/mol. The number of halogens is 1. The minimum atomic E-state index is -0.469. The summed E-state index contributed by atoms with van der Waals surface area (Å²) in [5.74, 6) is 0.630. The number of rotatable bonds is 6. The Balaban J connectivity index is 1.92. The van der Waals surface area contributed by atoms with E-state index >= 15 is 0 Å². The van der Waals surface area contributed by atoms with Gasteiger partial charge in [-0.05, 0) is 48.3 Å². The third-order valence-electron chi connectivity index (χ3n) is 6.73. The molecule has 0 atom stereocenters. The number of ether oxygens (including phenoxy) is 2. The zero-order chi connectivity index (χ0) is 24.8. The van der Waals surface area contributed by atoms with Crippen LogP contribution < -0.4 is 14.8 Å². The lowest BCUT2D eigenvalue weighted by atomic mass is 9.64. The lowest BCUT2D eigenvalue weighted by Gasteiger charge is -2.44. The van der Waals surface area contributed by atoms with Gasteiger partial charge in [0.25, 0.3) is 0 Å². The van der Waals surface area contributed by atoms with E-state index in [-0.39, 0.29) is 29.0 Å². The summed E-state index contributed by atoms with van der Waals surface area (Å²) in [5.41, 5.74) is 3.72. The average Bonchev–Trinajstić information content (AvgIpc) is 2.70. The van der Waals surface area contributed by atoms with Crippen molar-refractivity contribution in [3.8, 4) is 11.5 Å². The van der Waals surface area contributed by atoms with Crippen LogP contribution in [0.1, 0.15) is 71.8 Å². The zero-order valence-corrected chi connectivity index (χ0v) is 21.5. The second-order valence-electron chi connectivity index (χ2n) is 11.1. The summed E-state index contributed by atoms with van der Waals surface area (Å²) in [6.07, 6.45) is 4.04. The fourth-order valence-electron chi connectivity index (χ4n) is 5.52. The number of dihydropyridines is 1. The minimum Gasteiger partial charge on any atom is -0.490 e. The monoisotopic (exact) mass is 483 g/mol. The second-order valence-corrected chi connectivity index (χ2v) is 11.5. The smallest absolute Gasteiger partial charge is 0.180 e. The van der Waals surface area contributed by atoms with Gasteiger partial charge in [0.1, 0.15) is 6.61 Å². The molecule has 1 N–H and O–H groups in total. The van der Waals surface area contributed by atoms with Crippen molar-refractivity contribution in [2.45, 2.75) is 66.2 Å². The van der Waals surface area contributed by atoms with Crippen LogP contribution in [-0.4, -0.2) is 24.8 Å². The van der Waals surface area contributed by atoms with Crippen molar-refractivity contribution < 1.29 is 19.1 Å². The highest BCUT2D eigenvalue weighted by Gasteiger charge is 2.46. The van der Waals surface area contributed by atoms with E-state index in [9.17, 15) is 9.59 Å². The van der Waals surface area contributed by atoms with Crippen LogP contribution in [0.25, 0.3) is 0 Å². The molecular weight excluding hydrogens is 450 g/mol. The molecule has 34 heavy (non-hydrogen) atoms. The largest absolute Gasteiger partial charge is 0.490 e. The summed E-state index contributed by atoms with van der Waals surface area (Å²) in [5, 5.41) is 3.93. The van der Waals surface area contributed by atoms with Gasteiger partial charge in [-0.1, -0.05) is 52.0 Å². The van der Waals surface area contributed by atoms with Gasteiger partial charge in [-0.3, -0.25) is 9.59 Å². The number of carbonyl (C=O) groups excluding carboxylic acids is 2. The number of nitrogens with one attached hydrogen (secondary N) is 1. The fraction of sp³-hybridized carbons (Fsp3) is 0.500. The lowest BCUT2D eigenvalue weighted by Crippen LogP contribution is -2.42. The Morgan fingerprint density at radius 1 is 1.00 bits per heavy atom. The Hall–Kier alpha value is -2.53. The van der Waals surface area contributed by atoms with Crippen LogP contribution in [0.4, 0.5) is 0 Å². The molecule has 1 aliphatic heterocycles. The third-order valence-corrected chi connectivity index (χ3v) is 7.01. The molecule has 1 aromatic carbocycles. The molecule has 0 fully saturated rings. The first kappa shape index (κ1) is 24.6. The van der Waals surface area contributed by atoms with Crippen LogP contribution in [-0.2, 0) is 9.59 Å². The Bertz CT molecular complexity index is 1070. The van der Waals surface area contributed by atoms with Crippen LogP contribution in [0.3, 0.4) is 0 Å². The third kappa shape index (κ3) is 4.55. The first-order valence-electron chi connectivity index (χ1n) is 12.0. The lowest BCUT2D eigenvalue weighted by molar-refractivity contribution is -0.119. The number of allylic oxidation sites excluding steroid dienone is 4. The SMILES string of the molecule is C=CCOc1c(Cl)cc(C2C3=C(CC(C)(C)CC3=O)NC3=C2C(=O)CC(C)(C)C3)cc1OCC. The predicted octanol–water partition coefficient (Wildman–Crippen LogP) is 6.28. The normalized spacial score (nSPS) is 21.6. The molecule has 0 aromatic heterocycles. The predicted molar refractivity (Wildman–Crippen MR) is 134 cm³/mol. The number of hydrogen-bond acceptors (Lipinski definition) is 5. The Morgan fingerprint density at radius 2 is 1.56 bits per heavy atom. The topological polar surface area (TPSA) is 64.6 Å². The minimum absolute atomic E-state index is 0.0778. The zero-order valence-electron chi connectivity index (χ0n) is 20.8. The molecule has 1 heterocycles. The molecular formula is C28H34ClNO4. The van der Waals surface area contributed by atoms with Crippen LogP contribution in [0.2, 0.25) is 5.02 Å². The van der Waals surface area contributed by atoms with E-state index in [1.165, 1.54) is 0 Å². The van der Waals surface area contributed by atoms with Crippen LogP contribution in [0.15, 0.2) is 47.3 Å². The highest BCUT2D eigenvalue weighted by molar-refractivity contribution is 6.32. The summed E-state index contributed by atoms with van der Waals surface area (Å²) in [7, 11) is 0. The summed E-state index contributed by atoms with van der Waals surface area (Å²) < 4.78 is 11.7. The summed E-state index contributed by atoms with van der Waals surface area (Å²) in [6.45, 7) is 14.8. The van der Waals surface area contributed by atoms with E-state index in [1.807, 2.05) is 19.1 Å². The molecule has 0 saturated carbocycles. The molecule has 1 aromatic rings. The van der Waals surface area contributed by atoms with Crippen molar-refractivity contribution in [3.05, 3.63) is 57.9 Å². The molecule has 6 heteroatoms. The molecule has 0 saturated heterocycles. The summed E-state index contributed by atoms with van der Waals surface area (Å²) in [4.78, 5) is 27.0. The number of benzene rings is 1. The summed E-state index contributed by atoms with van der Waals surface area (Å²) >= 11 is 6.68. The van der Waals surface area contributed by atoms with Gasteiger partial charge in [0, 0.05) is 41.3 Å². The highest BCUT2D eigenvalue weighted by atomic mass is 35.5. The molecule has 0 amide bonds. The Kier molecular flexibility index (Phi) is 6.45. The highest BCUT2D eigenvalue weighted by Crippen LogP contribution is 2.52. The van der Waals surface area contributed by atoms with Gasteiger partial charge >= 0.3 is 0 Å². The molecule has 2 aliphatic carbocycles. The van der Waals surface area contributed by atoms with Gasteiger partial charge < -0.3 is 14.8 Å². The molecule has 3 aliphatic rings. The molecule has 182 valence electrons. The van der Waals surface area contributed by atoms with Gasteiger partial charge in [0.15, 0.2) is 23.1 Å². The Labute approximate surface area is 207 Å². The maximum Gasteiger partial charge on any atom is 0.180 e. The van der Waals surface area contributed by atoms with E-state index in [2.05, 4.69) is 39.6 Å². The number of ketones is 2. The van der Waals surface area contributed by atoms with Gasteiger partial charge in [0.05, 0.1) is 11.6 Å². The van der Waals surface area contributed by atoms with Gasteiger partial charge in [-0.15, -0.1) is 0 Å². The van der Waals surface area contributed by atoms with Crippen molar-refractivity contribution in [1.29, 1.82) is 0 Å². The van der Waals surface area contributed by atoms with E-state index < -0.39 is 5.92 Å². The number of Topliss-reactive ketones (excluding diaryl/α,β-unsaturated/α-hetero) is 2. The standard InChI is InChI=1S/C28H34ClNO4/c1-7-9-34-26-17(29)10-16(11-22(26)33-8-2)23-24-18(12-27(3,4)14-20(24)31)30-19-13-28(5,6)15-21(32)25(19)23/h7,10-11,23,30H,1,8-9,12-15H2,2-6H3. The van der Waals surface area contributed by atoms with E-state index in [0.717, 1.165) is 29.8 Å². The summed E-state index contributed by atoms with van der Waals surface area (Å²) in [6, 6.07) is 3.69. The maximum absolute atomic E-state index is 13.5. The molecule has 0 unspecified atom stereocenters. The molecule has 5 nitrogen and oxygen atoms in total. The quantitative estimate of drug-likeness (QED) is 0.482. The van der Waals surface area contributed by atoms with Crippen LogP contribution in [0, 0.1) is 10.8 Å². The molecule has 0 bridgehead atoms. The number of carbonyl (C=O) groups is 2. The van der Waals surface area contributed by atoms with E-state index in [1.54, 1.807) is 6.08 Å². The maximum atomic E-state index is 13.5. The van der Waals surface area contributed by atoms with Crippen molar-refractivity contribution >= 4 is 23.2 Å². The molecule has 0 radical (unpaired) electrons. The molecule has 4 rings (SSSR count). The van der Waals surface area contributed by atoms with Crippen LogP contribution >= 0.6 is 11.6 Å². The Morgan fingerprint density at radius 3 is 2.06 bits per heavy atom. The van der Waals surface area contributed by atoms with Crippen molar-refractivity contribution in [3.63, 3.8) is 0 Å². The van der Waals surface area contributed by atoms with E-state index in [0.29, 0.717) is 47.1 Å². The first-order chi connectivity index (χ1) is 16.0. The van der Waals surface area contributed by atoms with Gasteiger partial charge in [-0.25, -0.2) is 0 Å². The molecule has 0 spiro atoms. The number of hydrogen-bond donors (Lipinski definition) is 1.